The van der Waals surface area contributed by atoms with Crippen LogP contribution in [0.15, 0.2) is 30.3 Å². The third kappa shape index (κ3) is 4.80. The Labute approximate surface area is 168 Å². The molecule has 0 fully saturated rings. The van der Waals surface area contributed by atoms with Crippen molar-refractivity contribution in [1.82, 2.24) is 0 Å². The molecular weight excluding hydrogens is 386 g/mol. The number of carbonyl (C=O) groups excluding carboxylic acids is 1. The van der Waals surface area contributed by atoms with E-state index in [9.17, 15) is 4.79 Å². The number of methoxy groups -OCH3 is 5. The largest absolute Gasteiger partial charge is 0.493 e. The van der Waals surface area contributed by atoms with Crippen molar-refractivity contribution < 1.29 is 28.5 Å². The maximum absolute atomic E-state index is 12.3. The molecule has 1 N–H and O–H groups in total. The summed E-state index contributed by atoms with van der Waals surface area (Å²) in [6, 6.07) is 6.62. The number of nitrogens with one attached hydrogen (secondary N) is 1. The second kappa shape index (κ2) is 9.75. The van der Waals surface area contributed by atoms with Crippen LogP contribution < -0.4 is 29.0 Å². The minimum atomic E-state index is -0.372. The van der Waals surface area contributed by atoms with Crippen LogP contribution in [0.2, 0.25) is 5.02 Å². The van der Waals surface area contributed by atoms with Gasteiger partial charge in [-0.3, -0.25) is 4.79 Å². The van der Waals surface area contributed by atoms with Crippen LogP contribution in [0.5, 0.6) is 28.7 Å². The molecule has 0 atom stereocenters. The number of ether oxygens (including phenoxy) is 5. The fourth-order valence-corrected chi connectivity index (χ4v) is 2.69. The summed E-state index contributed by atoms with van der Waals surface area (Å²) in [5.41, 5.74) is 1.10. The number of anilines is 1. The van der Waals surface area contributed by atoms with Crippen molar-refractivity contribution >= 4 is 29.3 Å². The quantitative estimate of drug-likeness (QED) is 0.666. The first kappa shape index (κ1) is 21.2. The molecule has 8 heteroatoms. The Hall–Kier alpha value is -3.06. The Morgan fingerprint density at radius 2 is 1.36 bits per heavy atom. The van der Waals surface area contributed by atoms with E-state index < -0.39 is 0 Å². The van der Waals surface area contributed by atoms with Crippen LogP contribution in [-0.4, -0.2) is 41.5 Å². The van der Waals surface area contributed by atoms with Gasteiger partial charge in [0.15, 0.2) is 23.0 Å². The predicted octanol–water partition coefficient (Wildman–Crippen LogP) is 4.03. The molecule has 2 aromatic carbocycles. The summed E-state index contributed by atoms with van der Waals surface area (Å²) in [6.07, 6.45) is 2.99. The van der Waals surface area contributed by atoms with E-state index in [1.165, 1.54) is 41.6 Å². The van der Waals surface area contributed by atoms with Crippen LogP contribution in [0.3, 0.4) is 0 Å². The third-order valence-corrected chi connectivity index (χ3v) is 4.16. The first-order valence-corrected chi connectivity index (χ1v) is 8.55. The zero-order valence-electron chi connectivity index (χ0n) is 16.3. The fourth-order valence-electron chi connectivity index (χ4n) is 2.49. The molecule has 2 aromatic rings. The molecule has 0 aliphatic heterocycles. The molecule has 2 rings (SSSR count). The molecule has 0 bridgehead atoms. The number of amides is 1. The van der Waals surface area contributed by atoms with Crippen molar-refractivity contribution in [3.05, 3.63) is 40.9 Å². The average Bonchev–Trinajstić information content (AvgIpc) is 2.72. The van der Waals surface area contributed by atoms with Gasteiger partial charge in [-0.15, -0.1) is 0 Å². The van der Waals surface area contributed by atoms with Crippen LogP contribution >= 0.6 is 11.6 Å². The maximum Gasteiger partial charge on any atom is 0.248 e. The lowest BCUT2D eigenvalue weighted by molar-refractivity contribution is -0.111. The number of carbonyl (C=O) groups is 1. The van der Waals surface area contributed by atoms with Crippen molar-refractivity contribution in [3.8, 4) is 28.7 Å². The summed E-state index contributed by atoms with van der Waals surface area (Å²) >= 11 is 6.19. The normalized spacial score (nSPS) is 10.5. The van der Waals surface area contributed by atoms with Crippen LogP contribution in [-0.2, 0) is 4.79 Å². The highest BCUT2D eigenvalue weighted by molar-refractivity contribution is 6.34. The van der Waals surface area contributed by atoms with E-state index in [1.54, 1.807) is 30.3 Å². The average molecular weight is 408 g/mol. The molecule has 150 valence electrons. The maximum atomic E-state index is 12.3. The van der Waals surface area contributed by atoms with Crippen molar-refractivity contribution in [2.24, 2.45) is 0 Å². The van der Waals surface area contributed by atoms with Crippen LogP contribution in [0.25, 0.3) is 6.08 Å². The van der Waals surface area contributed by atoms with Crippen molar-refractivity contribution in [2.45, 2.75) is 0 Å². The smallest absolute Gasteiger partial charge is 0.248 e. The zero-order valence-corrected chi connectivity index (χ0v) is 17.0. The minimum absolute atomic E-state index is 0.326. The lowest BCUT2D eigenvalue weighted by atomic mass is 10.1. The van der Waals surface area contributed by atoms with E-state index in [0.29, 0.717) is 45.0 Å². The van der Waals surface area contributed by atoms with Gasteiger partial charge in [-0.05, 0) is 23.8 Å². The minimum Gasteiger partial charge on any atom is -0.493 e. The Bertz CT molecular complexity index is 856. The highest BCUT2D eigenvalue weighted by Gasteiger charge is 2.13. The summed E-state index contributed by atoms with van der Waals surface area (Å²) in [5, 5.41) is 3.03. The van der Waals surface area contributed by atoms with E-state index >= 15 is 0 Å². The van der Waals surface area contributed by atoms with Gasteiger partial charge in [0.2, 0.25) is 11.7 Å². The van der Waals surface area contributed by atoms with Gasteiger partial charge in [-0.25, -0.2) is 0 Å². The van der Waals surface area contributed by atoms with Crippen LogP contribution in [0.1, 0.15) is 5.56 Å². The summed E-state index contributed by atoms with van der Waals surface area (Å²) in [4.78, 5) is 12.3. The topological polar surface area (TPSA) is 75.3 Å². The number of rotatable bonds is 8. The molecule has 0 saturated heterocycles. The summed E-state index contributed by atoms with van der Waals surface area (Å²) in [5.74, 6) is 2.01. The molecule has 0 saturated carbocycles. The van der Waals surface area contributed by atoms with Crippen molar-refractivity contribution in [2.75, 3.05) is 40.9 Å². The second-order valence-electron chi connectivity index (χ2n) is 5.47. The van der Waals surface area contributed by atoms with Gasteiger partial charge < -0.3 is 29.0 Å². The van der Waals surface area contributed by atoms with Crippen LogP contribution in [0, 0.1) is 0 Å². The third-order valence-electron chi connectivity index (χ3n) is 3.85. The predicted molar refractivity (Wildman–Crippen MR) is 108 cm³/mol. The van der Waals surface area contributed by atoms with Gasteiger partial charge >= 0.3 is 0 Å². The van der Waals surface area contributed by atoms with Crippen LogP contribution in [0.4, 0.5) is 5.69 Å². The summed E-state index contributed by atoms with van der Waals surface area (Å²) in [6.45, 7) is 0. The molecule has 0 spiro atoms. The molecule has 1 amide bonds. The van der Waals surface area contributed by atoms with Gasteiger partial charge in [-0.1, -0.05) is 11.6 Å². The lowest BCUT2D eigenvalue weighted by Crippen LogP contribution is -2.08. The molecule has 28 heavy (non-hydrogen) atoms. The number of halogens is 1. The standard InChI is InChI=1S/C20H22ClNO6/c1-24-15-10-13(21)14(11-16(15)25-2)22-19(23)7-6-12-8-17(26-3)20(28-5)18(9-12)27-4/h6-11H,1-5H3,(H,22,23). The molecule has 0 radical (unpaired) electrons. The Balaban J connectivity index is 2.23. The van der Waals surface area contributed by atoms with Gasteiger partial charge in [0.05, 0.1) is 46.3 Å². The monoisotopic (exact) mass is 407 g/mol. The Morgan fingerprint density at radius 3 is 1.86 bits per heavy atom. The number of benzene rings is 2. The number of hydrogen-bond donors (Lipinski definition) is 1. The van der Waals surface area contributed by atoms with E-state index in [0.717, 1.165) is 0 Å². The van der Waals surface area contributed by atoms with Crippen molar-refractivity contribution in [1.29, 1.82) is 0 Å². The molecular formula is C20H22ClNO6. The molecule has 0 heterocycles. The molecule has 0 unspecified atom stereocenters. The number of hydrogen-bond acceptors (Lipinski definition) is 6. The lowest BCUT2D eigenvalue weighted by Gasteiger charge is -2.13. The summed E-state index contributed by atoms with van der Waals surface area (Å²) < 4.78 is 26.3. The Kier molecular flexibility index (Phi) is 7.40. The van der Waals surface area contributed by atoms with E-state index in [1.807, 2.05) is 0 Å². The van der Waals surface area contributed by atoms with Gasteiger partial charge in [0.1, 0.15) is 0 Å². The van der Waals surface area contributed by atoms with Gasteiger partial charge in [0, 0.05) is 18.2 Å². The molecule has 0 aromatic heterocycles. The second-order valence-corrected chi connectivity index (χ2v) is 5.88. The first-order valence-electron chi connectivity index (χ1n) is 8.18. The molecule has 0 aliphatic rings. The summed E-state index contributed by atoms with van der Waals surface area (Å²) in [7, 11) is 7.58. The van der Waals surface area contributed by atoms with E-state index in [2.05, 4.69) is 5.32 Å². The highest BCUT2D eigenvalue weighted by Crippen LogP contribution is 2.39. The molecule has 7 nitrogen and oxygen atoms in total. The first-order chi connectivity index (χ1) is 13.5. The van der Waals surface area contributed by atoms with Crippen molar-refractivity contribution in [3.63, 3.8) is 0 Å². The van der Waals surface area contributed by atoms with E-state index in [-0.39, 0.29) is 5.91 Å². The van der Waals surface area contributed by atoms with Gasteiger partial charge in [-0.2, -0.15) is 0 Å². The molecule has 0 aliphatic carbocycles. The highest BCUT2D eigenvalue weighted by atomic mass is 35.5. The SMILES string of the molecule is COc1cc(Cl)c(NC(=O)C=Cc2cc(OC)c(OC)c(OC)c2)cc1OC. The zero-order chi connectivity index (χ0) is 20.7. The van der Waals surface area contributed by atoms with E-state index in [4.69, 9.17) is 35.3 Å². The fraction of sp³-hybridized carbons (Fsp3) is 0.250. The van der Waals surface area contributed by atoms with Gasteiger partial charge in [0.25, 0.3) is 0 Å². The Morgan fingerprint density at radius 1 is 0.821 bits per heavy atom.